The van der Waals surface area contributed by atoms with E-state index < -0.39 is 7.60 Å². The summed E-state index contributed by atoms with van der Waals surface area (Å²) in [6.07, 6.45) is 1.69. The Morgan fingerprint density at radius 2 is 1.66 bits per heavy atom. The molecule has 0 unspecified atom stereocenters. The van der Waals surface area contributed by atoms with Gasteiger partial charge < -0.3 is 23.8 Å². The van der Waals surface area contributed by atoms with E-state index in [9.17, 15) is 9.36 Å². The Hall–Kier alpha value is -3.45. The van der Waals surface area contributed by atoms with Crippen LogP contribution in [0.5, 0.6) is 11.5 Å². The number of aliphatic imine (C=N–C) groups is 1. The van der Waals surface area contributed by atoms with Gasteiger partial charge in [-0.05, 0) is 96.3 Å². The molecule has 2 aliphatic rings. The lowest BCUT2D eigenvalue weighted by Crippen LogP contribution is -2.30. The van der Waals surface area contributed by atoms with E-state index >= 15 is 0 Å². The summed E-state index contributed by atoms with van der Waals surface area (Å²) in [5.74, 6) is 1.35. The van der Waals surface area contributed by atoms with Crippen molar-refractivity contribution in [2.45, 2.75) is 78.6 Å². The lowest BCUT2D eigenvalue weighted by molar-refractivity contribution is 0.102. The molecule has 8 nitrogen and oxygen atoms in total. The molecule has 234 valence electrons. The normalized spacial score (nSPS) is 16.4. The second-order valence-corrected chi connectivity index (χ2v) is 14.5. The van der Waals surface area contributed by atoms with Crippen LogP contribution in [0.15, 0.2) is 59.6 Å². The Morgan fingerprint density at radius 1 is 0.955 bits per heavy atom. The maximum Gasteiger partial charge on any atom is 0.335 e. The van der Waals surface area contributed by atoms with Crippen LogP contribution >= 0.6 is 7.60 Å². The minimum atomic E-state index is -3.23. The third-order valence-corrected chi connectivity index (χ3v) is 9.67. The van der Waals surface area contributed by atoms with E-state index in [1.165, 1.54) is 5.56 Å². The summed E-state index contributed by atoms with van der Waals surface area (Å²) in [7, 11) is -3.23. The molecule has 1 N–H and O–H groups in total. The van der Waals surface area contributed by atoms with Crippen molar-refractivity contribution < 1.29 is 27.9 Å². The number of carbonyl (C=O) groups excluding carboxylic acids is 1. The smallest absolute Gasteiger partial charge is 0.335 e. The highest BCUT2D eigenvalue weighted by Gasteiger charge is 2.39. The molecule has 0 bridgehead atoms. The molecule has 0 aromatic heterocycles. The molecule has 1 amide bonds. The van der Waals surface area contributed by atoms with E-state index in [1.807, 2.05) is 31.2 Å². The minimum absolute atomic E-state index is 0.149. The van der Waals surface area contributed by atoms with Crippen molar-refractivity contribution in [3.8, 4) is 11.5 Å². The van der Waals surface area contributed by atoms with Crippen LogP contribution in [0, 0.1) is 0 Å². The lowest BCUT2D eigenvalue weighted by Gasteiger charge is -2.31. The molecular weight excluding hydrogens is 575 g/mol. The predicted molar refractivity (Wildman–Crippen MR) is 175 cm³/mol. The lowest BCUT2D eigenvalue weighted by atomic mass is 9.81. The Balaban J connectivity index is 1.42. The van der Waals surface area contributed by atoms with Crippen LogP contribution in [0.25, 0.3) is 0 Å². The van der Waals surface area contributed by atoms with E-state index in [1.54, 1.807) is 38.1 Å². The summed E-state index contributed by atoms with van der Waals surface area (Å²) in [4.78, 5) is 18.5. The maximum atomic E-state index is 13.3. The third kappa shape index (κ3) is 6.93. The highest BCUT2D eigenvalue weighted by Crippen LogP contribution is 2.51. The van der Waals surface area contributed by atoms with Crippen molar-refractivity contribution in [3.05, 3.63) is 88.0 Å². The second kappa shape index (κ2) is 12.5. The zero-order valence-corrected chi connectivity index (χ0v) is 27.7. The van der Waals surface area contributed by atoms with Gasteiger partial charge in [-0.1, -0.05) is 24.3 Å². The number of carbonyl (C=O) groups is 1. The van der Waals surface area contributed by atoms with Crippen molar-refractivity contribution in [3.63, 3.8) is 0 Å². The zero-order chi connectivity index (χ0) is 31.7. The van der Waals surface area contributed by atoms with Crippen molar-refractivity contribution >= 4 is 24.9 Å². The number of rotatable bonds is 11. The van der Waals surface area contributed by atoms with Crippen LogP contribution in [-0.2, 0) is 32.6 Å². The van der Waals surface area contributed by atoms with Crippen molar-refractivity contribution in [2.24, 2.45) is 4.99 Å². The molecule has 0 saturated heterocycles. The van der Waals surface area contributed by atoms with Gasteiger partial charge in [-0.25, -0.2) is 0 Å². The number of hydrogen-bond acceptors (Lipinski definition) is 7. The van der Waals surface area contributed by atoms with Crippen LogP contribution in [0.2, 0.25) is 0 Å². The number of hydrogen-bond donors (Lipinski definition) is 1. The Bertz CT molecular complexity index is 1620. The van der Waals surface area contributed by atoms with Gasteiger partial charge >= 0.3 is 7.60 Å². The van der Waals surface area contributed by atoms with E-state index in [2.05, 4.69) is 39.1 Å². The van der Waals surface area contributed by atoms with Gasteiger partial charge in [-0.2, -0.15) is 0 Å². The van der Waals surface area contributed by atoms with Crippen LogP contribution in [0.1, 0.15) is 86.6 Å². The van der Waals surface area contributed by atoms with Crippen molar-refractivity contribution in [1.82, 2.24) is 0 Å². The van der Waals surface area contributed by atoms with E-state index in [0.29, 0.717) is 31.1 Å². The third-order valence-electron chi connectivity index (χ3n) is 7.62. The zero-order valence-electron chi connectivity index (χ0n) is 26.8. The van der Waals surface area contributed by atoms with E-state index in [0.717, 1.165) is 52.3 Å². The molecule has 0 spiro atoms. The fourth-order valence-electron chi connectivity index (χ4n) is 6.00. The molecule has 0 radical (unpaired) electrons. The summed E-state index contributed by atoms with van der Waals surface area (Å²) >= 11 is 0. The molecule has 3 aromatic rings. The first-order chi connectivity index (χ1) is 20.9. The van der Waals surface area contributed by atoms with Crippen molar-refractivity contribution in [1.29, 1.82) is 0 Å². The highest BCUT2D eigenvalue weighted by atomic mass is 31.2. The molecule has 2 aliphatic heterocycles. The summed E-state index contributed by atoms with van der Waals surface area (Å²) in [5, 5.41) is 3.04. The van der Waals surface area contributed by atoms with E-state index in [-0.39, 0.29) is 23.2 Å². The van der Waals surface area contributed by atoms with Gasteiger partial charge in [0.1, 0.15) is 5.60 Å². The highest BCUT2D eigenvalue weighted by molar-refractivity contribution is 7.53. The number of nitrogens with one attached hydrogen (secondary N) is 1. The van der Waals surface area contributed by atoms with Gasteiger partial charge in [0.05, 0.1) is 37.2 Å². The Morgan fingerprint density at radius 3 is 2.32 bits per heavy atom. The number of amides is 1. The number of fused-ring (bicyclic) bond motifs is 3. The number of anilines is 1. The van der Waals surface area contributed by atoms with Crippen molar-refractivity contribution in [2.75, 3.05) is 25.1 Å². The Labute approximate surface area is 260 Å². The maximum absolute atomic E-state index is 13.3. The molecule has 0 aliphatic carbocycles. The molecule has 2 heterocycles. The molecule has 0 atom stereocenters. The molecule has 5 rings (SSSR count). The summed E-state index contributed by atoms with van der Waals surface area (Å²) in [5.41, 5.74) is 6.50. The SMILES string of the molecule is CCOc1cc2c(c3c1OC(C)(C)C3)C(c1cccc(NC(=O)c3ccc(CP(=O)(OCC)OCC)cc3)c1)=NC(C)(C)C2. The van der Waals surface area contributed by atoms with E-state index in [4.69, 9.17) is 23.5 Å². The first kappa shape index (κ1) is 32.0. The van der Waals surface area contributed by atoms with Crippen LogP contribution < -0.4 is 14.8 Å². The molecule has 9 heteroatoms. The number of ether oxygens (including phenoxy) is 2. The first-order valence-corrected chi connectivity index (χ1v) is 17.1. The number of benzene rings is 3. The van der Waals surface area contributed by atoms with Gasteiger partial charge in [0, 0.05) is 34.4 Å². The van der Waals surface area contributed by atoms with Gasteiger partial charge in [0.2, 0.25) is 0 Å². The summed E-state index contributed by atoms with van der Waals surface area (Å²) < 4.78 is 36.2. The minimum Gasteiger partial charge on any atom is -0.490 e. The molecule has 44 heavy (non-hydrogen) atoms. The standard InChI is InChI=1S/C35H43N2O6P/c1-8-40-29-19-26-20-34(4,5)37-31(30(26)28-21-35(6,7)43-32(28)29)25-12-11-13-27(18-25)36-33(38)24-16-14-23(15-17-24)22-44(39,41-9-2)42-10-3/h11-19H,8-10,20-22H2,1-7H3,(H,36,38). The average molecular weight is 619 g/mol. The Kier molecular flexibility index (Phi) is 9.08. The van der Waals surface area contributed by atoms with Gasteiger partial charge in [0.25, 0.3) is 5.91 Å². The molecule has 3 aromatic carbocycles. The fourth-order valence-corrected chi connectivity index (χ4v) is 7.70. The molecule has 0 fully saturated rings. The first-order valence-electron chi connectivity index (χ1n) is 15.4. The van der Waals surface area contributed by atoms with Gasteiger partial charge in [-0.3, -0.25) is 14.4 Å². The van der Waals surface area contributed by atoms with Gasteiger partial charge in [0.15, 0.2) is 11.5 Å². The average Bonchev–Trinajstić information content (AvgIpc) is 3.28. The second-order valence-electron chi connectivity index (χ2n) is 12.5. The van der Waals surface area contributed by atoms with Crippen LogP contribution in [0.3, 0.4) is 0 Å². The largest absolute Gasteiger partial charge is 0.490 e. The summed E-state index contributed by atoms with van der Waals surface area (Å²) in [6, 6.07) is 17.0. The molecular formula is C35H43N2O6P. The van der Waals surface area contributed by atoms with Gasteiger partial charge in [-0.15, -0.1) is 0 Å². The monoisotopic (exact) mass is 618 g/mol. The summed E-state index contributed by atoms with van der Waals surface area (Å²) in [6.45, 7) is 15.2. The van der Waals surface area contributed by atoms with Crippen LogP contribution in [-0.4, -0.2) is 42.6 Å². The molecule has 0 saturated carbocycles. The quantitative estimate of drug-likeness (QED) is 0.219. The number of nitrogens with zero attached hydrogens (tertiary/aromatic N) is 1. The predicted octanol–water partition coefficient (Wildman–Crippen LogP) is 7.99. The topological polar surface area (TPSA) is 95.5 Å². The fraction of sp³-hybridized carbons (Fsp3) is 0.429. The van der Waals surface area contributed by atoms with Crippen LogP contribution in [0.4, 0.5) is 5.69 Å².